The van der Waals surface area contributed by atoms with Crippen LogP contribution in [0.3, 0.4) is 0 Å². The summed E-state index contributed by atoms with van der Waals surface area (Å²) < 4.78 is 35.3. The van der Waals surface area contributed by atoms with Crippen molar-refractivity contribution in [3.63, 3.8) is 0 Å². The van der Waals surface area contributed by atoms with Crippen LogP contribution in [-0.2, 0) is 4.79 Å². The van der Waals surface area contributed by atoms with E-state index in [1.807, 2.05) is 6.92 Å². The van der Waals surface area contributed by atoms with Gasteiger partial charge in [-0.3, -0.25) is 4.79 Å². The number of ketones is 1. The van der Waals surface area contributed by atoms with Gasteiger partial charge in [0.1, 0.15) is 5.78 Å². The molecule has 1 fully saturated rings. The summed E-state index contributed by atoms with van der Waals surface area (Å²) in [7, 11) is 0. The molecule has 82 valence electrons. The van der Waals surface area contributed by atoms with Crippen molar-refractivity contribution < 1.29 is 18.0 Å². The van der Waals surface area contributed by atoms with Crippen LogP contribution in [0.5, 0.6) is 0 Å². The van der Waals surface area contributed by atoms with Crippen LogP contribution in [0.15, 0.2) is 0 Å². The van der Waals surface area contributed by atoms with Crippen LogP contribution in [0.2, 0.25) is 0 Å². The third kappa shape index (κ3) is 4.11. The Morgan fingerprint density at radius 3 is 2.43 bits per heavy atom. The molecule has 0 saturated heterocycles. The van der Waals surface area contributed by atoms with E-state index in [0.29, 0.717) is 5.92 Å². The Labute approximate surface area is 81.7 Å². The second-order valence-corrected chi connectivity index (χ2v) is 4.06. The molecule has 14 heavy (non-hydrogen) atoms. The summed E-state index contributed by atoms with van der Waals surface area (Å²) in [6.45, 7) is 1.83. The normalized spacial score (nSPS) is 19.4. The molecule has 1 saturated carbocycles. The Kier molecular flexibility index (Phi) is 3.56. The van der Waals surface area contributed by atoms with Crippen LogP contribution >= 0.6 is 0 Å². The van der Waals surface area contributed by atoms with E-state index in [0.717, 1.165) is 12.8 Å². The minimum absolute atomic E-state index is 0.00301. The summed E-state index contributed by atoms with van der Waals surface area (Å²) in [4.78, 5) is 11.3. The summed E-state index contributed by atoms with van der Waals surface area (Å²) in [6.07, 6.45) is -2.81. The van der Waals surface area contributed by atoms with Gasteiger partial charge >= 0.3 is 6.18 Å². The molecular weight excluding hydrogens is 193 g/mol. The van der Waals surface area contributed by atoms with Gasteiger partial charge in [0.15, 0.2) is 0 Å². The van der Waals surface area contributed by atoms with Crippen molar-refractivity contribution in [2.45, 2.75) is 45.2 Å². The van der Waals surface area contributed by atoms with Gasteiger partial charge in [-0.2, -0.15) is 13.2 Å². The fourth-order valence-electron chi connectivity index (χ4n) is 1.55. The van der Waals surface area contributed by atoms with Crippen molar-refractivity contribution in [3.05, 3.63) is 0 Å². The van der Waals surface area contributed by atoms with Gasteiger partial charge in [0, 0.05) is 18.8 Å². The molecule has 0 radical (unpaired) electrons. The molecule has 1 rings (SSSR count). The topological polar surface area (TPSA) is 17.1 Å². The zero-order valence-electron chi connectivity index (χ0n) is 8.23. The van der Waals surface area contributed by atoms with Gasteiger partial charge in [-0.05, 0) is 25.2 Å². The number of Topliss-reactive ketones (excluding diaryl/α,β-unsaturated/α-hetero) is 1. The highest BCUT2D eigenvalue weighted by Gasteiger charge is 2.33. The molecule has 4 heteroatoms. The first-order chi connectivity index (χ1) is 6.40. The third-order valence-corrected chi connectivity index (χ3v) is 2.72. The lowest BCUT2D eigenvalue weighted by Crippen LogP contribution is -2.14. The SMILES string of the molecule is CC(C(=O)CCCC(F)(F)F)C1CC1. The Hall–Kier alpha value is -0.540. The van der Waals surface area contributed by atoms with E-state index in [1.165, 1.54) is 0 Å². The Morgan fingerprint density at radius 1 is 1.43 bits per heavy atom. The minimum Gasteiger partial charge on any atom is -0.299 e. The molecule has 1 aliphatic carbocycles. The van der Waals surface area contributed by atoms with E-state index in [9.17, 15) is 18.0 Å². The van der Waals surface area contributed by atoms with Crippen molar-refractivity contribution in [2.75, 3.05) is 0 Å². The molecule has 1 nitrogen and oxygen atoms in total. The van der Waals surface area contributed by atoms with Crippen LogP contribution in [0.1, 0.15) is 39.0 Å². The van der Waals surface area contributed by atoms with Crippen molar-refractivity contribution in [1.29, 1.82) is 0 Å². The lowest BCUT2D eigenvalue weighted by molar-refractivity contribution is -0.137. The predicted molar refractivity (Wildman–Crippen MR) is 46.8 cm³/mol. The molecular formula is C10H15F3O. The largest absolute Gasteiger partial charge is 0.389 e. The average molecular weight is 208 g/mol. The second-order valence-electron chi connectivity index (χ2n) is 4.06. The monoisotopic (exact) mass is 208 g/mol. The van der Waals surface area contributed by atoms with Crippen molar-refractivity contribution >= 4 is 5.78 Å². The second kappa shape index (κ2) is 4.32. The maximum absolute atomic E-state index is 11.8. The average Bonchev–Trinajstić information content (AvgIpc) is 2.82. The molecule has 0 N–H and O–H groups in total. The summed E-state index contributed by atoms with van der Waals surface area (Å²) in [5.41, 5.74) is 0. The Morgan fingerprint density at radius 2 is 2.00 bits per heavy atom. The summed E-state index contributed by atoms with van der Waals surface area (Å²) in [5, 5.41) is 0. The van der Waals surface area contributed by atoms with Crippen LogP contribution in [0.4, 0.5) is 13.2 Å². The van der Waals surface area contributed by atoms with E-state index in [1.54, 1.807) is 0 Å². The quantitative estimate of drug-likeness (QED) is 0.677. The summed E-state index contributed by atoms with van der Waals surface area (Å²) in [5.74, 6) is 0.424. The molecule has 0 aliphatic heterocycles. The number of hydrogen-bond donors (Lipinski definition) is 0. The lowest BCUT2D eigenvalue weighted by atomic mass is 9.97. The number of hydrogen-bond acceptors (Lipinski definition) is 1. The van der Waals surface area contributed by atoms with E-state index in [-0.39, 0.29) is 24.5 Å². The third-order valence-electron chi connectivity index (χ3n) is 2.72. The first-order valence-electron chi connectivity index (χ1n) is 4.99. The molecule has 1 unspecified atom stereocenters. The number of carbonyl (C=O) groups is 1. The fourth-order valence-corrected chi connectivity index (χ4v) is 1.55. The fraction of sp³-hybridized carbons (Fsp3) is 0.900. The highest BCUT2D eigenvalue weighted by molar-refractivity contribution is 5.81. The van der Waals surface area contributed by atoms with Gasteiger partial charge in [0.05, 0.1) is 0 Å². The molecule has 0 bridgehead atoms. The maximum atomic E-state index is 11.8. The van der Waals surface area contributed by atoms with Crippen LogP contribution < -0.4 is 0 Å². The Bertz CT molecular complexity index is 206. The zero-order valence-corrected chi connectivity index (χ0v) is 8.23. The number of carbonyl (C=O) groups excluding carboxylic acids is 1. The molecule has 0 aromatic rings. The zero-order chi connectivity index (χ0) is 10.8. The number of halogens is 3. The summed E-state index contributed by atoms with van der Waals surface area (Å²) in [6, 6.07) is 0. The smallest absolute Gasteiger partial charge is 0.299 e. The Balaban J connectivity index is 2.14. The highest BCUT2D eigenvalue weighted by Crippen LogP contribution is 2.37. The van der Waals surface area contributed by atoms with E-state index < -0.39 is 12.6 Å². The van der Waals surface area contributed by atoms with Crippen LogP contribution in [0.25, 0.3) is 0 Å². The molecule has 0 spiro atoms. The van der Waals surface area contributed by atoms with Gasteiger partial charge in [0.2, 0.25) is 0 Å². The predicted octanol–water partition coefficient (Wildman–Crippen LogP) is 3.33. The number of alkyl halides is 3. The van der Waals surface area contributed by atoms with Gasteiger partial charge < -0.3 is 0 Å². The van der Waals surface area contributed by atoms with Gasteiger partial charge in [-0.25, -0.2) is 0 Å². The minimum atomic E-state index is -4.12. The number of rotatable bonds is 5. The van der Waals surface area contributed by atoms with E-state index in [2.05, 4.69) is 0 Å². The first kappa shape index (κ1) is 11.5. The van der Waals surface area contributed by atoms with Crippen LogP contribution in [-0.4, -0.2) is 12.0 Å². The molecule has 0 heterocycles. The molecule has 1 atom stereocenters. The van der Waals surface area contributed by atoms with Crippen molar-refractivity contribution in [3.8, 4) is 0 Å². The van der Waals surface area contributed by atoms with Crippen molar-refractivity contribution in [2.24, 2.45) is 11.8 Å². The van der Waals surface area contributed by atoms with Gasteiger partial charge in [-0.1, -0.05) is 6.92 Å². The molecule has 1 aliphatic rings. The van der Waals surface area contributed by atoms with Crippen LogP contribution in [0, 0.1) is 11.8 Å². The van der Waals surface area contributed by atoms with Crippen molar-refractivity contribution in [1.82, 2.24) is 0 Å². The maximum Gasteiger partial charge on any atom is 0.389 e. The lowest BCUT2D eigenvalue weighted by Gasteiger charge is -2.09. The molecule has 0 aromatic carbocycles. The first-order valence-corrected chi connectivity index (χ1v) is 4.99. The highest BCUT2D eigenvalue weighted by atomic mass is 19.4. The molecule has 0 aromatic heterocycles. The van der Waals surface area contributed by atoms with E-state index >= 15 is 0 Å². The van der Waals surface area contributed by atoms with Gasteiger partial charge in [-0.15, -0.1) is 0 Å². The summed E-state index contributed by atoms with van der Waals surface area (Å²) >= 11 is 0. The molecule has 0 amide bonds. The standard InChI is InChI=1S/C10H15F3O/c1-7(8-4-5-8)9(14)3-2-6-10(11,12)13/h7-8H,2-6H2,1H3. The van der Waals surface area contributed by atoms with Gasteiger partial charge in [0.25, 0.3) is 0 Å². The van der Waals surface area contributed by atoms with E-state index in [4.69, 9.17) is 0 Å².